The molecule has 1 aliphatic rings. The number of nitrogens with one attached hydrogen (secondary N) is 1. The zero-order valence-electron chi connectivity index (χ0n) is 12.4. The molecule has 0 amide bonds. The van der Waals surface area contributed by atoms with Gasteiger partial charge in [0.1, 0.15) is 0 Å². The molecule has 1 aromatic carbocycles. The van der Waals surface area contributed by atoms with E-state index in [0.717, 1.165) is 24.0 Å². The van der Waals surface area contributed by atoms with Crippen LogP contribution >= 0.6 is 15.9 Å². The van der Waals surface area contributed by atoms with Crippen LogP contribution < -0.4 is 10.2 Å². The van der Waals surface area contributed by atoms with Crippen LogP contribution in [0.5, 0.6) is 0 Å². The Balaban J connectivity index is 2.47. The summed E-state index contributed by atoms with van der Waals surface area (Å²) in [5.41, 5.74) is 2.53. The van der Waals surface area contributed by atoms with E-state index in [9.17, 15) is 0 Å². The maximum Gasteiger partial charge on any atom is 0.0643 e. The fourth-order valence-corrected chi connectivity index (χ4v) is 3.53. The Bertz CT molecular complexity index is 519. The molecule has 0 radical (unpaired) electrons. The highest BCUT2D eigenvalue weighted by molar-refractivity contribution is 9.10. The van der Waals surface area contributed by atoms with Gasteiger partial charge in [-0.15, -0.1) is 0 Å². The normalized spacial score (nSPS) is 22.1. The predicted molar refractivity (Wildman–Crippen MR) is 86.9 cm³/mol. The summed E-state index contributed by atoms with van der Waals surface area (Å²) in [7, 11) is 0. The molecular formula is C16H22BrN3. The van der Waals surface area contributed by atoms with E-state index in [-0.39, 0.29) is 11.6 Å². The van der Waals surface area contributed by atoms with Gasteiger partial charge < -0.3 is 10.2 Å². The maximum atomic E-state index is 9.15. The average Bonchev–Trinajstić information content (AvgIpc) is 2.50. The quantitative estimate of drug-likeness (QED) is 0.897. The van der Waals surface area contributed by atoms with Crippen molar-refractivity contribution in [3.8, 4) is 6.07 Å². The van der Waals surface area contributed by atoms with Crippen molar-refractivity contribution in [1.82, 2.24) is 5.32 Å². The molecule has 2 rings (SSSR count). The number of aryl methyl sites for hydroxylation is 1. The second-order valence-corrected chi connectivity index (χ2v) is 7.00. The minimum absolute atomic E-state index is 0.0452. The summed E-state index contributed by atoms with van der Waals surface area (Å²) in [6, 6.07) is 8.96. The molecule has 1 heterocycles. The Kier molecular flexibility index (Phi) is 4.72. The lowest BCUT2D eigenvalue weighted by Gasteiger charge is -2.44. The van der Waals surface area contributed by atoms with Crippen molar-refractivity contribution < 1.29 is 0 Å². The molecule has 0 spiro atoms. The number of anilines is 1. The Morgan fingerprint density at radius 3 is 2.90 bits per heavy atom. The molecule has 1 atom stereocenters. The van der Waals surface area contributed by atoms with E-state index in [1.165, 1.54) is 11.3 Å². The van der Waals surface area contributed by atoms with E-state index >= 15 is 0 Å². The molecule has 1 saturated heterocycles. The maximum absolute atomic E-state index is 9.15. The highest BCUT2D eigenvalue weighted by atomic mass is 79.9. The van der Waals surface area contributed by atoms with Crippen LogP contribution in [0, 0.1) is 18.3 Å². The highest BCUT2D eigenvalue weighted by Crippen LogP contribution is 2.34. The molecule has 0 aliphatic carbocycles. The number of hydrogen-bond acceptors (Lipinski definition) is 3. The van der Waals surface area contributed by atoms with E-state index in [1.54, 1.807) is 0 Å². The summed E-state index contributed by atoms with van der Waals surface area (Å²) in [6.07, 6.45) is 1.62. The number of rotatable bonds is 2. The molecule has 3 nitrogen and oxygen atoms in total. The van der Waals surface area contributed by atoms with Crippen LogP contribution in [0.15, 0.2) is 22.7 Å². The van der Waals surface area contributed by atoms with Gasteiger partial charge in [-0.2, -0.15) is 5.26 Å². The van der Waals surface area contributed by atoms with Crippen molar-refractivity contribution in [3.05, 3.63) is 28.2 Å². The Hall–Kier alpha value is -1.05. The van der Waals surface area contributed by atoms with Gasteiger partial charge in [0.2, 0.25) is 0 Å². The zero-order chi connectivity index (χ0) is 14.8. The number of benzene rings is 1. The zero-order valence-corrected chi connectivity index (χ0v) is 14.0. The van der Waals surface area contributed by atoms with Crippen LogP contribution in [-0.2, 0) is 0 Å². The number of hydrogen-bond donors (Lipinski definition) is 1. The number of nitrogens with zero attached hydrogens (tertiary/aromatic N) is 2. The number of nitriles is 1. The van der Waals surface area contributed by atoms with Crippen LogP contribution in [0.1, 0.15) is 32.3 Å². The molecule has 0 aromatic heterocycles. The van der Waals surface area contributed by atoms with Crippen molar-refractivity contribution in [2.75, 3.05) is 18.0 Å². The third kappa shape index (κ3) is 3.16. The van der Waals surface area contributed by atoms with E-state index in [4.69, 9.17) is 5.26 Å². The van der Waals surface area contributed by atoms with Crippen molar-refractivity contribution in [2.45, 2.75) is 45.2 Å². The number of halogens is 1. The molecule has 1 N–H and O–H groups in total. The third-order valence-corrected chi connectivity index (χ3v) is 4.55. The lowest BCUT2D eigenvalue weighted by atomic mass is 9.94. The van der Waals surface area contributed by atoms with Crippen LogP contribution in [0.25, 0.3) is 0 Å². The van der Waals surface area contributed by atoms with E-state index < -0.39 is 0 Å². The largest absolute Gasteiger partial charge is 0.361 e. The van der Waals surface area contributed by atoms with Crippen molar-refractivity contribution >= 4 is 21.6 Å². The fraction of sp³-hybridized carbons (Fsp3) is 0.562. The van der Waals surface area contributed by atoms with Gasteiger partial charge in [0.25, 0.3) is 0 Å². The van der Waals surface area contributed by atoms with Crippen molar-refractivity contribution in [2.24, 2.45) is 0 Å². The van der Waals surface area contributed by atoms with E-state index in [2.05, 4.69) is 71.2 Å². The summed E-state index contributed by atoms with van der Waals surface area (Å²) >= 11 is 3.53. The smallest absolute Gasteiger partial charge is 0.0643 e. The summed E-state index contributed by atoms with van der Waals surface area (Å²) in [6.45, 7) is 8.54. The van der Waals surface area contributed by atoms with Crippen LogP contribution in [0.3, 0.4) is 0 Å². The molecule has 0 saturated carbocycles. The van der Waals surface area contributed by atoms with E-state index in [1.807, 2.05) is 0 Å². The standard InChI is InChI=1S/C16H22BrN3/c1-12-10-13(17)4-5-15(12)20-14(6-8-18)11-19-9-7-16(20,2)3/h4-5,10,14,19H,6-7,9,11H2,1-3H3. The monoisotopic (exact) mass is 335 g/mol. The minimum Gasteiger partial charge on any atom is -0.361 e. The molecule has 1 unspecified atom stereocenters. The van der Waals surface area contributed by atoms with E-state index in [0.29, 0.717) is 6.42 Å². The van der Waals surface area contributed by atoms with Gasteiger partial charge in [-0.05, 0) is 57.5 Å². The van der Waals surface area contributed by atoms with Gasteiger partial charge in [-0.25, -0.2) is 0 Å². The molecule has 20 heavy (non-hydrogen) atoms. The highest BCUT2D eigenvalue weighted by Gasteiger charge is 2.35. The lowest BCUT2D eigenvalue weighted by molar-refractivity contribution is 0.417. The molecule has 0 bridgehead atoms. The molecule has 1 aliphatic heterocycles. The Labute approximate surface area is 130 Å². The fourth-order valence-electron chi connectivity index (χ4n) is 3.05. The van der Waals surface area contributed by atoms with Crippen LogP contribution in [-0.4, -0.2) is 24.7 Å². The SMILES string of the molecule is Cc1cc(Br)ccc1N1C(CC#N)CNCCC1(C)C. The Morgan fingerprint density at radius 2 is 2.25 bits per heavy atom. The Morgan fingerprint density at radius 1 is 1.50 bits per heavy atom. The van der Waals surface area contributed by atoms with Gasteiger partial charge in [0.05, 0.1) is 18.5 Å². The molecular weight excluding hydrogens is 314 g/mol. The summed E-state index contributed by atoms with van der Waals surface area (Å²) < 4.78 is 1.10. The first-order chi connectivity index (χ1) is 9.45. The predicted octanol–water partition coefficient (Wildman–Crippen LogP) is 3.62. The molecule has 1 aromatic rings. The molecule has 108 valence electrons. The van der Waals surface area contributed by atoms with Gasteiger partial charge in [0.15, 0.2) is 0 Å². The van der Waals surface area contributed by atoms with Gasteiger partial charge in [0, 0.05) is 22.2 Å². The summed E-state index contributed by atoms with van der Waals surface area (Å²) in [5, 5.41) is 12.6. The van der Waals surface area contributed by atoms with Crippen molar-refractivity contribution in [1.29, 1.82) is 5.26 Å². The lowest BCUT2D eigenvalue weighted by Crippen LogP contribution is -2.51. The van der Waals surface area contributed by atoms with Gasteiger partial charge in [-0.3, -0.25) is 0 Å². The van der Waals surface area contributed by atoms with Crippen LogP contribution in [0.4, 0.5) is 5.69 Å². The van der Waals surface area contributed by atoms with Gasteiger partial charge in [-0.1, -0.05) is 15.9 Å². The summed E-state index contributed by atoms with van der Waals surface area (Å²) in [4.78, 5) is 2.44. The first-order valence-corrected chi connectivity index (χ1v) is 7.88. The second-order valence-electron chi connectivity index (χ2n) is 6.08. The first kappa shape index (κ1) is 15.3. The third-order valence-electron chi connectivity index (χ3n) is 4.06. The average molecular weight is 336 g/mol. The summed E-state index contributed by atoms with van der Waals surface area (Å²) in [5.74, 6) is 0. The minimum atomic E-state index is 0.0452. The second kappa shape index (κ2) is 6.15. The topological polar surface area (TPSA) is 39.1 Å². The van der Waals surface area contributed by atoms with Crippen LogP contribution in [0.2, 0.25) is 0 Å². The first-order valence-electron chi connectivity index (χ1n) is 7.09. The molecule has 4 heteroatoms. The molecule has 1 fully saturated rings. The van der Waals surface area contributed by atoms with Crippen molar-refractivity contribution in [3.63, 3.8) is 0 Å². The van der Waals surface area contributed by atoms with Gasteiger partial charge >= 0.3 is 0 Å².